The first-order chi connectivity index (χ1) is 41.3. The standard InChI is InChI=1S/C30H31N9O3S2.C19H21N5.C10H12N4O2S2.2CH4.4Y/c1-5-24-35-36-29(43-24)37-44(41,42)22-8-6-21(7-9-22)34-30(40)39-12-10-38(11-13-39)28-26-23(16-31-27(26)32-17-33-28)25-19(3)14-18(2)15-20(25)4;1-12-8-13(2)16(14(3)9-12)15-10-21-18-17(15)19(23-11-22-18)24-6-4-20-5-7-24;1-2-9-12-13-10(17-9)14-18(15,16)8-5-3-7(11)4-6-8;;;;;;/h6-9,16-17H,5,10-13H2,1-4H3,(H,34,40)(H,36,37)(H,31,32,33);10-11,20H,4-7H2,1-3H3,(H,21,22,23);3-6H,2,11H2,1H3,(H,13,14);2*1H4;;;;/q2*-2;;;;;;;. The number of rotatable bonds is 13. The largest absolute Gasteiger partial charge is 0.399 e. The van der Waals surface area contributed by atoms with Crippen molar-refractivity contribution in [3.63, 3.8) is 0 Å². The first kappa shape index (κ1) is 80.2. The first-order valence-electron chi connectivity index (χ1n) is 27.7. The second-order valence-electron chi connectivity index (χ2n) is 20.4. The molecule has 0 unspecified atom stereocenters. The summed E-state index contributed by atoms with van der Waals surface area (Å²) in [6, 6.07) is 25.3. The maximum atomic E-state index is 13.1. The monoisotopic (exact) mass is 1620 g/mol. The number of sulfonamides is 2. The zero-order chi connectivity index (χ0) is 60.9. The molecule has 2 fully saturated rings. The molecule has 0 spiro atoms. The quantitative estimate of drug-likeness (QED) is 0.0417. The van der Waals surface area contributed by atoms with Gasteiger partial charge in [-0.15, -0.1) is 20.4 Å². The molecule has 0 atom stereocenters. The summed E-state index contributed by atoms with van der Waals surface area (Å²) in [6.07, 6.45) is 8.60. The van der Waals surface area contributed by atoms with Gasteiger partial charge in [0.25, 0.3) is 20.0 Å². The van der Waals surface area contributed by atoms with Gasteiger partial charge >= 0.3 is 6.03 Å². The number of carbonyl (C=O) groups is 1. The van der Waals surface area contributed by atoms with E-state index in [2.05, 4.69) is 118 Å². The van der Waals surface area contributed by atoms with Gasteiger partial charge in [0, 0.05) is 205 Å². The number of urea groups is 1. The van der Waals surface area contributed by atoms with Crippen LogP contribution < -0.4 is 35.6 Å². The molecule has 2 amide bonds. The average molecular weight is 1620 g/mol. The number of amides is 2. The van der Waals surface area contributed by atoms with Crippen LogP contribution in [0.3, 0.4) is 0 Å². The van der Waals surface area contributed by atoms with Crippen molar-refractivity contribution < 1.29 is 152 Å². The average Bonchev–Trinajstić information content (AvgIpc) is 1.56. The molecule has 2 saturated heterocycles. The molecule has 0 bridgehead atoms. The molecule has 23 nitrogen and oxygen atoms in total. The number of nitrogens with two attached hydrogens (primary N) is 1. The van der Waals surface area contributed by atoms with E-state index in [0.29, 0.717) is 44.0 Å². The van der Waals surface area contributed by atoms with Crippen LogP contribution in [0.1, 0.15) is 72.1 Å². The van der Waals surface area contributed by atoms with E-state index in [1.54, 1.807) is 29.7 Å². The molecule has 31 heteroatoms. The van der Waals surface area contributed by atoms with Crippen LogP contribution in [-0.2, 0) is 164 Å². The maximum absolute atomic E-state index is 13.1. The van der Waals surface area contributed by atoms with Crippen molar-refractivity contribution in [3.05, 3.63) is 141 Å². The fraction of sp³-hybridized carbons (Fsp3) is 0.328. The van der Waals surface area contributed by atoms with Crippen LogP contribution >= 0.6 is 22.7 Å². The summed E-state index contributed by atoms with van der Waals surface area (Å²) in [6.45, 7) is 22.2. The van der Waals surface area contributed by atoms with Gasteiger partial charge in [-0.2, -0.15) is 0 Å². The van der Waals surface area contributed by atoms with Crippen molar-refractivity contribution in [2.45, 2.75) is 92.9 Å². The minimum Gasteiger partial charge on any atom is -0.399 e. The summed E-state index contributed by atoms with van der Waals surface area (Å²) in [4.78, 5) is 44.3. The number of anilines is 6. The van der Waals surface area contributed by atoms with E-state index in [1.165, 1.54) is 64.6 Å². The molecule has 2 aliphatic heterocycles. The summed E-state index contributed by atoms with van der Waals surface area (Å²) in [5.74, 6) is 1.83. The van der Waals surface area contributed by atoms with Crippen molar-refractivity contribution in [1.29, 1.82) is 0 Å². The zero-order valence-electron chi connectivity index (χ0n) is 51.0. The van der Waals surface area contributed by atoms with Gasteiger partial charge in [0.15, 0.2) is 0 Å². The molecule has 4 aromatic carbocycles. The fourth-order valence-corrected chi connectivity index (χ4v) is 14.2. The topological polar surface area (TPSA) is 304 Å². The Hall–Kier alpha value is -4.21. The second-order valence-corrected chi connectivity index (χ2v) is 25.9. The summed E-state index contributed by atoms with van der Waals surface area (Å²) in [7, 11) is -7.46. The number of nitrogen functional groups attached to an aromatic ring is 1. The van der Waals surface area contributed by atoms with Gasteiger partial charge in [0.05, 0.1) is 9.79 Å². The molecule has 12 rings (SSSR count). The van der Waals surface area contributed by atoms with Gasteiger partial charge in [0.2, 0.25) is 10.3 Å². The minimum absolute atomic E-state index is 0. The third kappa shape index (κ3) is 19.1. The minimum atomic E-state index is -3.83. The number of hydrogen-bond acceptors (Lipinski definition) is 19. The Kier molecular flexibility index (Phi) is 31.1. The Bertz CT molecular complexity index is 4260. The number of aromatic amines is 2. The van der Waals surface area contributed by atoms with E-state index in [4.69, 9.17) is 5.73 Å². The van der Waals surface area contributed by atoms with Crippen molar-refractivity contribution in [2.24, 2.45) is 0 Å². The van der Waals surface area contributed by atoms with E-state index in [9.17, 15) is 21.6 Å². The van der Waals surface area contributed by atoms with Crippen LogP contribution in [0.2, 0.25) is 0 Å². The second kappa shape index (κ2) is 35.7. The number of aromatic nitrogens is 10. The Morgan fingerprint density at radius 1 is 0.565 bits per heavy atom. The molecule has 0 saturated carbocycles. The van der Waals surface area contributed by atoms with E-state index in [0.717, 1.165) is 126 Å². The molecule has 6 aromatic heterocycles. The molecule has 0 aliphatic carbocycles. The van der Waals surface area contributed by atoms with E-state index in [1.807, 2.05) is 53.9 Å². The molecule has 92 heavy (non-hydrogen) atoms. The fourth-order valence-electron chi connectivity index (χ4n) is 10.4. The predicted octanol–water partition coefficient (Wildman–Crippen LogP) is 10.0. The van der Waals surface area contributed by atoms with E-state index < -0.39 is 20.0 Å². The smallest absolute Gasteiger partial charge is 0.321 e. The zero-order valence-corrected chi connectivity index (χ0v) is 65.6. The molecular weight excluding hydrogens is 1550 g/mol. The third-order valence-corrected chi connectivity index (χ3v) is 19.2. The normalized spacial score (nSPS) is 12.8. The van der Waals surface area contributed by atoms with Gasteiger partial charge < -0.3 is 65.3 Å². The van der Waals surface area contributed by atoms with Crippen molar-refractivity contribution in [2.75, 3.05) is 82.7 Å². The predicted molar refractivity (Wildman–Crippen MR) is 351 cm³/mol. The van der Waals surface area contributed by atoms with E-state index in [-0.39, 0.29) is 172 Å². The number of benzene rings is 4. The number of fused-ring (bicyclic) bond motifs is 2. The molecule has 476 valence electrons. The van der Waals surface area contributed by atoms with Crippen LogP contribution in [-0.4, -0.2) is 130 Å². The van der Waals surface area contributed by atoms with Gasteiger partial charge in [-0.3, -0.25) is 42.8 Å². The molecule has 8 heterocycles. The Balaban J connectivity index is 0.000000318. The number of nitrogens with zero attached hydrogens (tertiary/aromatic N) is 11. The molecule has 4 radical (unpaired) electrons. The SMILES string of the molecule is C.C.CCc1nnc(NS(=O)(=O)c2ccc(N)cc2)s1.CCc1nnc(NS(=O)(=O)c2ccc(NC(=O)N3CCN(c4ncnc5[nH]cc(-c6c(C)[c-]c(C)[c-]c6C)c45)CC3)cc2)s1.Cc1[c-]c(C)c(-c2c[nH]c3ncnc(N4CCNCC4)c23)c(C)[c-]1.[Y].[Y].[Y].[Y]. The number of hydrogen-bond donors (Lipinski definition) is 7. The van der Waals surface area contributed by atoms with Gasteiger partial charge in [-0.05, 0) is 73.8 Å². The summed E-state index contributed by atoms with van der Waals surface area (Å²) in [5.41, 5.74) is 18.9. The molecular formula is C61H72N18O5S4Y4-4. The van der Waals surface area contributed by atoms with Crippen LogP contribution in [0.25, 0.3) is 44.3 Å². The van der Waals surface area contributed by atoms with Crippen LogP contribution in [0, 0.1) is 65.8 Å². The Morgan fingerprint density at radius 3 is 1.35 bits per heavy atom. The van der Waals surface area contributed by atoms with Gasteiger partial charge in [-0.25, -0.2) is 52.7 Å². The summed E-state index contributed by atoms with van der Waals surface area (Å²) < 4.78 is 54.3. The maximum Gasteiger partial charge on any atom is 0.321 e. The summed E-state index contributed by atoms with van der Waals surface area (Å²) in [5, 5.41) is 25.7. The molecule has 2 aliphatic rings. The van der Waals surface area contributed by atoms with Crippen LogP contribution in [0.4, 0.5) is 38.1 Å². The Labute approximate surface area is 647 Å². The van der Waals surface area contributed by atoms with Gasteiger partial charge in [0.1, 0.15) is 45.6 Å². The Morgan fingerprint density at radius 2 is 0.957 bits per heavy atom. The van der Waals surface area contributed by atoms with Crippen LogP contribution in [0.5, 0.6) is 0 Å². The third-order valence-electron chi connectivity index (χ3n) is 14.3. The van der Waals surface area contributed by atoms with Crippen molar-refractivity contribution >= 4 is 104 Å². The molecule has 10 aromatic rings. The number of nitrogens with one attached hydrogen (secondary N) is 6. The summed E-state index contributed by atoms with van der Waals surface area (Å²) >= 11 is 2.41. The number of piperazine rings is 2. The number of carbonyl (C=O) groups excluding carboxylic acids is 1. The van der Waals surface area contributed by atoms with Gasteiger partial charge in [-0.1, -0.05) is 104 Å². The van der Waals surface area contributed by atoms with Crippen molar-refractivity contribution in [3.8, 4) is 22.3 Å². The first-order valence-corrected chi connectivity index (χ1v) is 32.3. The van der Waals surface area contributed by atoms with E-state index >= 15 is 0 Å². The number of aryl methyl sites for hydroxylation is 8. The van der Waals surface area contributed by atoms with Crippen LogP contribution in [0.15, 0.2) is 83.4 Å². The van der Waals surface area contributed by atoms with Crippen molar-refractivity contribution in [1.82, 2.24) is 60.5 Å². The molecule has 8 N–H and O–H groups in total. The number of H-pyrrole nitrogens is 2.